The van der Waals surface area contributed by atoms with Crippen molar-refractivity contribution in [3.8, 4) is 0 Å². The maximum atomic E-state index is 12.2. The molecule has 0 spiro atoms. The number of carboxylic acids is 1. The van der Waals surface area contributed by atoms with Crippen molar-refractivity contribution in [3.63, 3.8) is 0 Å². The molecular formula is C16H16N2O5S. The fourth-order valence-corrected chi connectivity index (χ4v) is 3.01. The van der Waals surface area contributed by atoms with Crippen LogP contribution in [0.4, 0.5) is 5.69 Å². The fourth-order valence-electron chi connectivity index (χ4n) is 2.00. The number of amides is 1. The Hall–Kier alpha value is -2.71. The molecule has 8 heteroatoms. The van der Waals surface area contributed by atoms with Crippen LogP contribution in [-0.4, -0.2) is 25.4 Å². The highest BCUT2D eigenvalue weighted by molar-refractivity contribution is 7.89. The Morgan fingerprint density at radius 2 is 1.75 bits per heavy atom. The standard InChI is InChI=1S/C16H16N2O5S/c1-11(19)18-14-5-7-15(8-6-14)24(22,23)17-10-12-3-2-4-13(9-12)16(20)21/h2-9,17H,10H2,1H3,(H,18,19)(H,20,21). The van der Waals surface area contributed by atoms with Gasteiger partial charge in [0.15, 0.2) is 0 Å². The van der Waals surface area contributed by atoms with Crippen LogP contribution in [0.5, 0.6) is 0 Å². The molecule has 7 nitrogen and oxygen atoms in total. The van der Waals surface area contributed by atoms with E-state index in [9.17, 15) is 18.0 Å². The van der Waals surface area contributed by atoms with Gasteiger partial charge in [-0.1, -0.05) is 12.1 Å². The van der Waals surface area contributed by atoms with Crippen molar-refractivity contribution in [2.75, 3.05) is 5.32 Å². The molecule has 0 aliphatic heterocycles. The number of nitrogens with one attached hydrogen (secondary N) is 2. The summed E-state index contributed by atoms with van der Waals surface area (Å²) in [6.07, 6.45) is 0. The molecule has 0 aliphatic rings. The number of rotatable bonds is 6. The number of benzene rings is 2. The summed E-state index contributed by atoms with van der Waals surface area (Å²) in [5.41, 5.74) is 1.12. The second-order valence-corrected chi connectivity index (χ2v) is 6.80. The lowest BCUT2D eigenvalue weighted by Crippen LogP contribution is -2.23. The highest BCUT2D eigenvalue weighted by atomic mass is 32.2. The van der Waals surface area contributed by atoms with Gasteiger partial charge in [-0.2, -0.15) is 0 Å². The SMILES string of the molecule is CC(=O)Nc1ccc(S(=O)(=O)NCc2cccc(C(=O)O)c2)cc1. The summed E-state index contributed by atoms with van der Waals surface area (Å²) >= 11 is 0. The van der Waals surface area contributed by atoms with Crippen LogP contribution in [0.3, 0.4) is 0 Å². The van der Waals surface area contributed by atoms with E-state index in [2.05, 4.69) is 10.0 Å². The van der Waals surface area contributed by atoms with E-state index in [0.29, 0.717) is 11.3 Å². The van der Waals surface area contributed by atoms with Crippen LogP contribution in [0.1, 0.15) is 22.8 Å². The first-order chi connectivity index (χ1) is 11.3. The van der Waals surface area contributed by atoms with Crippen LogP contribution in [0.25, 0.3) is 0 Å². The summed E-state index contributed by atoms with van der Waals surface area (Å²) in [6, 6.07) is 11.8. The molecule has 0 heterocycles. The van der Waals surface area contributed by atoms with Crippen molar-refractivity contribution in [1.82, 2.24) is 4.72 Å². The van der Waals surface area contributed by atoms with Crippen LogP contribution < -0.4 is 10.0 Å². The zero-order chi connectivity index (χ0) is 17.7. The zero-order valence-corrected chi connectivity index (χ0v) is 13.6. The van der Waals surface area contributed by atoms with Gasteiger partial charge in [-0.3, -0.25) is 4.79 Å². The second kappa shape index (κ2) is 7.24. The minimum atomic E-state index is -3.75. The third-order valence-electron chi connectivity index (χ3n) is 3.13. The van der Waals surface area contributed by atoms with E-state index < -0.39 is 16.0 Å². The number of hydrogen-bond acceptors (Lipinski definition) is 4. The van der Waals surface area contributed by atoms with Gasteiger partial charge in [0.2, 0.25) is 15.9 Å². The normalized spacial score (nSPS) is 11.0. The Morgan fingerprint density at radius 3 is 2.33 bits per heavy atom. The molecule has 0 radical (unpaired) electrons. The topological polar surface area (TPSA) is 113 Å². The highest BCUT2D eigenvalue weighted by Gasteiger charge is 2.14. The van der Waals surface area contributed by atoms with Crippen molar-refractivity contribution < 1.29 is 23.1 Å². The summed E-state index contributed by atoms with van der Waals surface area (Å²) in [4.78, 5) is 21.9. The molecule has 0 saturated carbocycles. The molecule has 0 atom stereocenters. The lowest BCUT2D eigenvalue weighted by atomic mass is 10.1. The van der Waals surface area contributed by atoms with Gasteiger partial charge in [-0.15, -0.1) is 0 Å². The number of anilines is 1. The van der Waals surface area contributed by atoms with Gasteiger partial charge in [-0.05, 0) is 42.0 Å². The first kappa shape index (κ1) is 17.6. The largest absolute Gasteiger partial charge is 0.478 e. The van der Waals surface area contributed by atoms with Crippen LogP contribution in [0, 0.1) is 0 Å². The van der Waals surface area contributed by atoms with Crippen LogP contribution in [-0.2, 0) is 21.4 Å². The molecule has 2 rings (SSSR count). The molecule has 0 aliphatic carbocycles. The maximum absolute atomic E-state index is 12.2. The quantitative estimate of drug-likeness (QED) is 0.737. The Kier molecular flexibility index (Phi) is 5.32. The number of carboxylic acid groups (broad SMARTS) is 1. The third-order valence-corrected chi connectivity index (χ3v) is 4.54. The number of aromatic carboxylic acids is 1. The lowest BCUT2D eigenvalue weighted by Gasteiger charge is -2.08. The van der Waals surface area contributed by atoms with Crippen molar-refractivity contribution in [2.45, 2.75) is 18.4 Å². The average molecular weight is 348 g/mol. The monoisotopic (exact) mass is 348 g/mol. The van der Waals surface area contributed by atoms with Gasteiger partial charge in [0.1, 0.15) is 0 Å². The fraction of sp³-hybridized carbons (Fsp3) is 0.125. The van der Waals surface area contributed by atoms with Gasteiger partial charge in [0.25, 0.3) is 0 Å². The van der Waals surface area contributed by atoms with Gasteiger partial charge >= 0.3 is 5.97 Å². The van der Waals surface area contributed by atoms with Gasteiger partial charge in [-0.25, -0.2) is 17.9 Å². The van der Waals surface area contributed by atoms with Gasteiger partial charge in [0.05, 0.1) is 10.5 Å². The summed E-state index contributed by atoms with van der Waals surface area (Å²) in [7, 11) is -3.75. The van der Waals surface area contributed by atoms with Crippen molar-refractivity contribution >= 4 is 27.6 Å². The Balaban J connectivity index is 2.09. The molecule has 0 unspecified atom stereocenters. The van der Waals surface area contributed by atoms with Gasteiger partial charge in [0, 0.05) is 19.2 Å². The van der Waals surface area contributed by atoms with Crippen LogP contribution in [0.15, 0.2) is 53.4 Å². The van der Waals surface area contributed by atoms with Crippen molar-refractivity contribution in [2.24, 2.45) is 0 Å². The van der Waals surface area contributed by atoms with E-state index >= 15 is 0 Å². The summed E-state index contributed by atoms with van der Waals surface area (Å²) < 4.78 is 26.9. The summed E-state index contributed by atoms with van der Waals surface area (Å²) in [5, 5.41) is 11.5. The van der Waals surface area contributed by atoms with E-state index in [1.807, 2.05) is 0 Å². The first-order valence-corrected chi connectivity index (χ1v) is 8.46. The molecule has 3 N–H and O–H groups in total. The number of carbonyl (C=O) groups excluding carboxylic acids is 1. The van der Waals surface area contributed by atoms with E-state index in [4.69, 9.17) is 5.11 Å². The summed E-state index contributed by atoms with van der Waals surface area (Å²) in [6.45, 7) is 1.33. The van der Waals surface area contributed by atoms with Crippen LogP contribution >= 0.6 is 0 Å². The minimum Gasteiger partial charge on any atom is -0.478 e. The molecule has 0 bridgehead atoms. The Morgan fingerprint density at radius 1 is 1.08 bits per heavy atom. The smallest absolute Gasteiger partial charge is 0.335 e. The van der Waals surface area contributed by atoms with Crippen molar-refractivity contribution in [3.05, 3.63) is 59.7 Å². The molecule has 2 aromatic carbocycles. The second-order valence-electron chi connectivity index (χ2n) is 5.04. The van der Waals surface area contributed by atoms with Crippen molar-refractivity contribution in [1.29, 1.82) is 0 Å². The summed E-state index contributed by atoms with van der Waals surface area (Å²) in [5.74, 6) is -1.32. The maximum Gasteiger partial charge on any atom is 0.335 e. The zero-order valence-electron chi connectivity index (χ0n) is 12.8. The average Bonchev–Trinajstić information content (AvgIpc) is 2.53. The third kappa shape index (κ3) is 4.64. The first-order valence-electron chi connectivity index (χ1n) is 6.97. The lowest BCUT2D eigenvalue weighted by molar-refractivity contribution is -0.114. The minimum absolute atomic E-state index is 0.0309. The molecule has 0 fully saturated rings. The molecular weight excluding hydrogens is 332 g/mol. The predicted octanol–water partition coefficient (Wildman–Crippen LogP) is 1.82. The van der Waals surface area contributed by atoms with E-state index in [1.54, 1.807) is 12.1 Å². The van der Waals surface area contributed by atoms with E-state index in [0.717, 1.165) is 0 Å². The highest BCUT2D eigenvalue weighted by Crippen LogP contribution is 2.15. The van der Waals surface area contributed by atoms with E-state index in [-0.39, 0.29) is 22.9 Å². The molecule has 1 amide bonds. The predicted molar refractivity (Wildman–Crippen MR) is 88.2 cm³/mol. The Bertz CT molecular complexity index is 860. The molecule has 0 saturated heterocycles. The number of sulfonamides is 1. The van der Waals surface area contributed by atoms with Crippen LogP contribution in [0.2, 0.25) is 0 Å². The number of carbonyl (C=O) groups is 2. The molecule has 126 valence electrons. The molecule has 24 heavy (non-hydrogen) atoms. The van der Waals surface area contributed by atoms with Gasteiger partial charge < -0.3 is 10.4 Å². The van der Waals surface area contributed by atoms with E-state index in [1.165, 1.54) is 43.3 Å². The molecule has 2 aromatic rings. The number of hydrogen-bond donors (Lipinski definition) is 3. The Labute approximate surface area is 139 Å². The molecule has 0 aromatic heterocycles.